The molecule has 1 aliphatic heterocycles. The summed E-state index contributed by atoms with van der Waals surface area (Å²) in [4.78, 5) is 4.44. The maximum atomic E-state index is 14.0. The summed E-state index contributed by atoms with van der Waals surface area (Å²) in [6.45, 7) is 2.89. The molecule has 1 saturated heterocycles. The third-order valence-electron chi connectivity index (χ3n) is 6.83. The number of hydrogen-bond acceptors (Lipinski definition) is 3. The molecule has 5 nitrogen and oxygen atoms in total. The second-order valence-corrected chi connectivity index (χ2v) is 8.14. The number of benzene rings is 1. The fourth-order valence-corrected chi connectivity index (χ4v) is 5.46. The zero-order valence-electron chi connectivity index (χ0n) is 16.8. The van der Waals surface area contributed by atoms with Gasteiger partial charge < -0.3 is 20.1 Å². The molecule has 1 aromatic rings. The van der Waals surface area contributed by atoms with Gasteiger partial charge in [-0.15, -0.1) is 24.0 Å². The van der Waals surface area contributed by atoms with E-state index in [0.29, 0.717) is 18.1 Å². The van der Waals surface area contributed by atoms with Crippen molar-refractivity contribution in [2.45, 2.75) is 57.2 Å². The van der Waals surface area contributed by atoms with Crippen molar-refractivity contribution in [2.75, 3.05) is 20.8 Å². The number of rotatable bonds is 4. The summed E-state index contributed by atoms with van der Waals surface area (Å²) >= 11 is 0. The van der Waals surface area contributed by atoms with Crippen molar-refractivity contribution in [1.29, 1.82) is 0 Å². The Morgan fingerprint density at radius 3 is 2.75 bits per heavy atom. The predicted molar refractivity (Wildman–Crippen MR) is 119 cm³/mol. The van der Waals surface area contributed by atoms with Gasteiger partial charge in [-0.1, -0.05) is 18.9 Å². The summed E-state index contributed by atoms with van der Waals surface area (Å²) in [5, 5.41) is 7.11. The maximum absolute atomic E-state index is 14.0. The Morgan fingerprint density at radius 1 is 1.36 bits per heavy atom. The molecule has 4 unspecified atom stereocenters. The average molecular weight is 503 g/mol. The molecule has 1 aromatic carbocycles. The summed E-state index contributed by atoms with van der Waals surface area (Å²) in [6, 6.07) is 5.42. The van der Waals surface area contributed by atoms with Crippen LogP contribution in [0.5, 0.6) is 5.75 Å². The van der Waals surface area contributed by atoms with Crippen LogP contribution in [0.25, 0.3) is 0 Å². The summed E-state index contributed by atoms with van der Waals surface area (Å²) in [6.07, 6.45) is 6.60. The van der Waals surface area contributed by atoms with Crippen LogP contribution >= 0.6 is 24.0 Å². The topological polar surface area (TPSA) is 54.9 Å². The number of guanidine groups is 1. The van der Waals surface area contributed by atoms with Crippen LogP contribution in [0.15, 0.2) is 23.2 Å². The number of fused-ring (bicyclic) bond motifs is 2. The van der Waals surface area contributed by atoms with Crippen LogP contribution < -0.4 is 15.4 Å². The smallest absolute Gasteiger partial charge is 0.191 e. The van der Waals surface area contributed by atoms with Gasteiger partial charge in [0, 0.05) is 31.0 Å². The van der Waals surface area contributed by atoms with E-state index in [1.165, 1.54) is 38.9 Å². The average Bonchev–Trinajstić information content (AvgIpc) is 3.33. The van der Waals surface area contributed by atoms with Gasteiger partial charge in [-0.05, 0) is 43.9 Å². The number of ether oxygens (including phenoxy) is 2. The maximum Gasteiger partial charge on any atom is 0.191 e. The molecule has 2 aliphatic carbocycles. The monoisotopic (exact) mass is 503 g/mol. The number of hydrogen-bond donors (Lipinski definition) is 2. The molecule has 4 rings (SSSR count). The van der Waals surface area contributed by atoms with Gasteiger partial charge in [0.1, 0.15) is 0 Å². The largest absolute Gasteiger partial charge is 0.494 e. The first-order valence-electron chi connectivity index (χ1n) is 10.0. The van der Waals surface area contributed by atoms with Gasteiger partial charge in [0.15, 0.2) is 17.5 Å². The van der Waals surface area contributed by atoms with Gasteiger partial charge in [-0.3, -0.25) is 4.99 Å². The highest BCUT2D eigenvalue weighted by molar-refractivity contribution is 14.0. The second-order valence-electron chi connectivity index (χ2n) is 8.14. The van der Waals surface area contributed by atoms with Gasteiger partial charge in [-0.2, -0.15) is 0 Å². The van der Waals surface area contributed by atoms with E-state index in [0.717, 1.165) is 24.6 Å². The number of nitrogens with one attached hydrogen (secondary N) is 2. The van der Waals surface area contributed by atoms with E-state index in [4.69, 9.17) is 9.47 Å². The van der Waals surface area contributed by atoms with Crippen molar-refractivity contribution in [3.63, 3.8) is 0 Å². The van der Waals surface area contributed by atoms with Crippen molar-refractivity contribution in [3.8, 4) is 5.75 Å². The van der Waals surface area contributed by atoms with Gasteiger partial charge in [0.05, 0.1) is 19.3 Å². The standard InChI is InChI=1S/C21H30FN3O2.HI/c1-13(14-6-7-17(26-3)16(22)12-14)24-20(23-2)25-18-15-8-11-27-19(15)21(18)9-4-5-10-21;/h6-7,12-13,15,18-19H,4-5,8-11H2,1-3H3,(H2,23,24,25);1H. The molecule has 2 N–H and O–H groups in total. The lowest BCUT2D eigenvalue weighted by atomic mass is 9.54. The quantitative estimate of drug-likeness (QED) is 0.370. The molecule has 3 aliphatic rings. The number of aliphatic imine (C=N–C) groups is 1. The minimum atomic E-state index is -0.346. The van der Waals surface area contributed by atoms with Gasteiger partial charge in [-0.25, -0.2) is 4.39 Å². The Kier molecular flexibility index (Phi) is 6.74. The highest BCUT2D eigenvalue weighted by Gasteiger charge is 2.65. The molecule has 7 heteroatoms. The molecular formula is C21H31FIN3O2. The highest BCUT2D eigenvalue weighted by Crippen LogP contribution is 2.60. The van der Waals surface area contributed by atoms with Gasteiger partial charge in [0.25, 0.3) is 0 Å². The Hall–Kier alpha value is -1.09. The van der Waals surface area contributed by atoms with Crippen molar-refractivity contribution in [1.82, 2.24) is 10.6 Å². The first-order valence-corrected chi connectivity index (χ1v) is 10.0. The molecule has 28 heavy (non-hydrogen) atoms. The molecular weight excluding hydrogens is 472 g/mol. The van der Waals surface area contributed by atoms with Crippen molar-refractivity contribution >= 4 is 29.9 Å². The van der Waals surface area contributed by atoms with E-state index in [2.05, 4.69) is 15.6 Å². The van der Waals surface area contributed by atoms with E-state index < -0.39 is 0 Å². The minimum Gasteiger partial charge on any atom is -0.494 e. The van der Waals surface area contributed by atoms with Crippen LogP contribution in [0.2, 0.25) is 0 Å². The number of methoxy groups -OCH3 is 1. The molecule has 3 fully saturated rings. The number of nitrogens with zero attached hydrogens (tertiary/aromatic N) is 1. The first-order chi connectivity index (χ1) is 13.1. The normalized spacial score (nSPS) is 28.9. The fraction of sp³-hybridized carbons (Fsp3) is 0.667. The molecule has 1 heterocycles. The Morgan fingerprint density at radius 2 is 2.11 bits per heavy atom. The zero-order valence-corrected chi connectivity index (χ0v) is 19.2. The molecule has 0 radical (unpaired) electrons. The highest BCUT2D eigenvalue weighted by atomic mass is 127. The van der Waals surface area contributed by atoms with Crippen LogP contribution in [0, 0.1) is 17.2 Å². The third kappa shape index (κ3) is 3.60. The Bertz CT molecular complexity index is 724. The van der Waals surface area contributed by atoms with E-state index >= 15 is 0 Å². The van der Waals surface area contributed by atoms with E-state index in [1.807, 2.05) is 13.0 Å². The van der Waals surface area contributed by atoms with Crippen LogP contribution in [0.3, 0.4) is 0 Å². The minimum absolute atomic E-state index is 0. The summed E-state index contributed by atoms with van der Waals surface area (Å²) in [7, 11) is 3.27. The predicted octanol–water partition coefficient (Wildman–Crippen LogP) is 4.03. The Balaban J connectivity index is 0.00000225. The molecule has 0 amide bonds. The van der Waals surface area contributed by atoms with Crippen molar-refractivity contribution in [2.24, 2.45) is 16.3 Å². The number of halogens is 2. The van der Waals surface area contributed by atoms with Crippen LogP contribution in [-0.2, 0) is 4.74 Å². The molecule has 4 atom stereocenters. The van der Waals surface area contributed by atoms with Gasteiger partial charge >= 0.3 is 0 Å². The van der Waals surface area contributed by atoms with Gasteiger partial charge in [0.2, 0.25) is 0 Å². The van der Waals surface area contributed by atoms with Crippen LogP contribution in [0.1, 0.15) is 50.6 Å². The summed E-state index contributed by atoms with van der Waals surface area (Å²) < 4.78 is 25.1. The van der Waals surface area contributed by atoms with Crippen LogP contribution in [0.4, 0.5) is 4.39 Å². The molecule has 2 saturated carbocycles. The SMILES string of the molecule is CN=C(NC(C)c1ccc(OC)c(F)c1)NC1C2CCOC2C12CCCC2.I. The molecule has 0 bridgehead atoms. The zero-order chi connectivity index (χ0) is 19.0. The lowest BCUT2D eigenvalue weighted by Gasteiger charge is -2.57. The van der Waals surface area contributed by atoms with E-state index in [1.54, 1.807) is 13.1 Å². The molecule has 1 spiro atoms. The third-order valence-corrected chi connectivity index (χ3v) is 6.83. The Labute approximate surface area is 183 Å². The van der Waals surface area contributed by atoms with E-state index in [-0.39, 0.29) is 47.0 Å². The lowest BCUT2D eigenvalue weighted by Crippen LogP contribution is -2.69. The summed E-state index contributed by atoms with van der Waals surface area (Å²) in [5.74, 6) is 1.27. The fourth-order valence-electron chi connectivity index (χ4n) is 5.46. The lowest BCUT2D eigenvalue weighted by molar-refractivity contribution is -0.125. The summed E-state index contributed by atoms with van der Waals surface area (Å²) in [5.41, 5.74) is 1.14. The second kappa shape index (κ2) is 8.73. The first kappa shape index (κ1) is 21.6. The molecule has 156 valence electrons. The molecule has 0 aromatic heterocycles. The van der Waals surface area contributed by atoms with Crippen molar-refractivity contribution in [3.05, 3.63) is 29.6 Å². The van der Waals surface area contributed by atoms with E-state index in [9.17, 15) is 4.39 Å². The van der Waals surface area contributed by atoms with Crippen LogP contribution in [-0.4, -0.2) is 38.9 Å². The van der Waals surface area contributed by atoms with Crippen molar-refractivity contribution < 1.29 is 13.9 Å².